The van der Waals surface area contributed by atoms with E-state index in [4.69, 9.17) is 0 Å². The van der Waals surface area contributed by atoms with Crippen molar-refractivity contribution in [2.45, 2.75) is 64.7 Å². The van der Waals surface area contributed by atoms with Crippen molar-refractivity contribution in [2.75, 3.05) is 0 Å². The van der Waals surface area contributed by atoms with E-state index >= 15 is 0 Å². The Labute approximate surface area is 178 Å². The number of hydrogen-bond donors (Lipinski definition) is 0. The molecule has 0 amide bonds. The molecule has 0 saturated heterocycles. The van der Waals surface area contributed by atoms with E-state index in [1.54, 1.807) is 33.4 Å². The first-order valence-corrected chi connectivity index (χ1v) is 8.57. The molecular formula is C21H25Cl2Zr. The fourth-order valence-corrected chi connectivity index (χ4v) is 4.67. The third kappa shape index (κ3) is 3.74. The molecule has 4 rings (SSSR count). The summed E-state index contributed by atoms with van der Waals surface area (Å²) in [5, 5.41) is 0. The van der Waals surface area contributed by atoms with Gasteiger partial charge in [0.15, 0.2) is 0 Å². The Hall–Kier alpha value is 0.0331. The van der Waals surface area contributed by atoms with Crippen molar-refractivity contribution < 1.29 is 51.0 Å². The summed E-state index contributed by atoms with van der Waals surface area (Å²) in [5.74, 6) is 0.583. The molecule has 127 valence electrons. The van der Waals surface area contributed by atoms with Crippen LogP contribution in [0.1, 0.15) is 67.7 Å². The fraction of sp³-hybridized carbons (Fsp3) is 0.476. The third-order valence-corrected chi connectivity index (χ3v) is 5.67. The van der Waals surface area contributed by atoms with Gasteiger partial charge in [-0.2, -0.15) is 28.3 Å². The van der Waals surface area contributed by atoms with Gasteiger partial charge in [-0.3, -0.25) is 0 Å². The van der Waals surface area contributed by atoms with Gasteiger partial charge in [0, 0.05) is 5.92 Å². The van der Waals surface area contributed by atoms with Gasteiger partial charge in [0.2, 0.25) is 0 Å². The summed E-state index contributed by atoms with van der Waals surface area (Å²) >= 11 is 0. The quantitative estimate of drug-likeness (QED) is 0.411. The fourth-order valence-electron chi connectivity index (χ4n) is 4.67. The Bertz CT molecular complexity index is 672. The predicted molar refractivity (Wildman–Crippen MR) is 90.0 cm³/mol. The Morgan fingerprint density at radius 1 is 1.00 bits per heavy atom. The summed E-state index contributed by atoms with van der Waals surface area (Å²) in [6.45, 7) is 4.61. The number of allylic oxidation sites excluding steroid dienone is 6. The number of aryl methyl sites for hydroxylation is 1. The summed E-state index contributed by atoms with van der Waals surface area (Å²) in [4.78, 5) is 0. The molecule has 1 aromatic rings. The summed E-state index contributed by atoms with van der Waals surface area (Å²) in [7, 11) is 0. The van der Waals surface area contributed by atoms with E-state index in [2.05, 4.69) is 38.1 Å². The van der Waals surface area contributed by atoms with E-state index in [-0.39, 0.29) is 51.0 Å². The molecule has 0 aromatic heterocycles. The second-order valence-corrected chi connectivity index (χ2v) is 7.12. The maximum atomic E-state index is 2.58. The molecule has 3 aliphatic rings. The molecule has 24 heavy (non-hydrogen) atoms. The van der Waals surface area contributed by atoms with Gasteiger partial charge >= 0.3 is 26.2 Å². The minimum Gasteiger partial charge on any atom is -1.00 e. The molecule has 0 N–H and O–H groups in total. The van der Waals surface area contributed by atoms with Crippen LogP contribution in [0.4, 0.5) is 0 Å². The molecule has 3 heteroatoms. The average Bonchev–Trinajstić information content (AvgIpc) is 3.13. The molecule has 3 aliphatic carbocycles. The average molecular weight is 440 g/mol. The monoisotopic (exact) mass is 437 g/mol. The van der Waals surface area contributed by atoms with Crippen LogP contribution in [0.25, 0.3) is 0 Å². The molecule has 0 bridgehead atoms. The zero-order valence-corrected chi connectivity index (χ0v) is 18.6. The van der Waals surface area contributed by atoms with E-state index in [1.807, 2.05) is 0 Å². The molecule has 0 heterocycles. The smallest absolute Gasteiger partial charge is 1.00 e. The minimum atomic E-state index is 0. The Kier molecular flexibility index (Phi) is 8.38. The van der Waals surface area contributed by atoms with Crippen molar-refractivity contribution in [3.8, 4) is 0 Å². The summed E-state index contributed by atoms with van der Waals surface area (Å²) < 4.78 is 0. The normalized spacial score (nSPS) is 20.8. The van der Waals surface area contributed by atoms with Crippen LogP contribution in [0.5, 0.6) is 0 Å². The summed E-state index contributed by atoms with van der Waals surface area (Å²) in [6, 6.07) is 2.58. The van der Waals surface area contributed by atoms with Crippen molar-refractivity contribution in [3.05, 3.63) is 63.3 Å². The van der Waals surface area contributed by atoms with Gasteiger partial charge in [0.1, 0.15) is 0 Å². The van der Waals surface area contributed by atoms with Crippen LogP contribution in [0.2, 0.25) is 0 Å². The zero-order chi connectivity index (χ0) is 14.4. The molecule has 1 aromatic carbocycles. The van der Waals surface area contributed by atoms with E-state index < -0.39 is 0 Å². The van der Waals surface area contributed by atoms with Gasteiger partial charge in [-0.25, -0.2) is 0 Å². The Morgan fingerprint density at radius 3 is 2.42 bits per heavy atom. The van der Waals surface area contributed by atoms with Crippen molar-refractivity contribution >= 4 is 0 Å². The van der Waals surface area contributed by atoms with Crippen LogP contribution in [0.15, 0.2) is 41.0 Å². The molecular weight excluding hydrogens is 414 g/mol. The third-order valence-electron chi connectivity index (χ3n) is 5.67. The van der Waals surface area contributed by atoms with E-state index in [0.29, 0.717) is 5.92 Å². The zero-order valence-electron chi connectivity index (χ0n) is 14.6. The van der Waals surface area contributed by atoms with Gasteiger partial charge in [-0.05, 0) is 26.7 Å². The molecule has 1 unspecified atom stereocenters. The molecule has 1 radical (unpaired) electrons. The molecule has 0 saturated carbocycles. The maximum absolute atomic E-state index is 2.58. The molecule has 0 fully saturated rings. The van der Waals surface area contributed by atoms with Crippen molar-refractivity contribution in [3.63, 3.8) is 0 Å². The molecule has 0 aliphatic heterocycles. The predicted octanol–water partition coefficient (Wildman–Crippen LogP) is -0.458. The van der Waals surface area contributed by atoms with Gasteiger partial charge in [-0.1, -0.05) is 67.1 Å². The summed E-state index contributed by atoms with van der Waals surface area (Å²) in [5.41, 5.74) is 11.7. The van der Waals surface area contributed by atoms with Gasteiger partial charge < -0.3 is 24.8 Å². The second kappa shape index (κ2) is 9.11. The van der Waals surface area contributed by atoms with E-state index in [1.165, 1.54) is 44.1 Å². The first-order chi connectivity index (χ1) is 10.3. The van der Waals surface area contributed by atoms with E-state index in [9.17, 15) is 0 Å². The number of rotatable bonds is 1. The molecule has 1 atom stereocenters. The van der Waals surface area contributed by atoms with Crippen LogP contribution in [-0.4, -0.2) is 0 Å². The number of hydrogen-bond acceptors (Lipinski definition) is 0. The molecule has 0 nitrogen and oxygen atoms in total. The maximum Gasteiger partial charge on any atom is 3.00 e. The van der Waals surface area contributed by atoms with Crippen molar-refractivity contribution in [1.29, 1.82) is 0 Å². The summed E-state index contributed by atoms with van der Waals surface area (Å²) in [6.07, 6.45) is 16.1. The van der Waals surface area contributed by atoms with E-state index in [0.717, 1.165) is 6.42 Å². The second-order valence-electron chi connectivity index (χ2n) is 7.12. The topological polar surface area (TPSA) is 0 Å². The van der Waals surface area contributed by atoms with Crippen molar-refractivity contribution in [1.82, 2.24) is 0 Å². The molecule has 0 spiro atoms. The van der Waals surface area contributed by atoms with Crippen LogP contribution in [0.3, 0.4) is 0 Å². The van der Waals surface area contributed by atoms with Crippen LogP contribution < -0.4 is 24.8 Å². The first kappa shape index (κ1) is 22.1. The Balaban J connectivity index is 0.000000960. The first-order valence-electron chi connectivity index (χ1n) is 8.57. The van der Waals surface area contributed by atoms with Gasteiger partial charge in [-0.15, -0.1) is 0 Å². The number of halogens is 2. The van der Waals surface area contributed by atoms with Gasteiger partial charge in [0.25, 0.3) is 0 Å². The minimum absolute atomic E-state index is 0. The van der Waals surface area contributed by atoms with Crippen LogP contribution in [-0.2, 0) is 45.5 Å². The van der Waals surface area contributed by atoms with Crippen LogP contribution in [0, 0.1) is 0 Å². The SMILES string of the molecule is CC(C)=C1CCc2c([cH-]c3c2CCCC3)C1C1=CC=CC1.[Cl-].[Cl-].[Zr+3]. The Morgan fingerprint density at radius 2 is 1.75 bits per heavy atom. The van der Waals surface area contributed by atoms with Gasteiger partial charge in [0.05, 0.1) is 0 Å². The van der Waals surface area contributed by atoms with Crippen LogP contribution >= 0.6 is 0 Å². The largest absolute Gasteiger partial charge is 3.00 e. The number of fused-ring (bicyclic) bond motifs is 3. The standard InChI is InChI=1S/C21H25.2ClH.Zr/c1-14(2)17-11-12-19-18-10-6-5-9-16(18)13-20(19)21(17)15-7-3-4-8-15;;;/h3-4,7,13,21H,5-6,8-12H2,1-2H3;2*1H;/q-1;;;+3/p-2. The van der Waals surface area contributed by atoms with Crippen molar-refractivity contribution in [2.24, 2.45) is 0 Å².